The number of carbonyl (C=O) groups is 2. The fourth-order valence-electron chi connectivity index (χ4n) is 2.97. The van der Waals surface area contributed by atoms with Crippen LogP contribution in [0.1, 0.15) is 26.3 Å². The topological polar surface area (TPSA) is 122 Å². The van der Waals surface area contributed by atoms with E-state index in [0.29, 0.717) is 6.54 Å². The van der Waals surface area contributed by atoms with Crippen molar-refractivity contribution >= 4 is 38.9 Å². The molecule has 11 heteroatoms. The van der Waals surface area contributed by atoms with Gasteiger partial charge in [0.1, 0.15) is 4.21 Å². The SMILES string of the molecule is O=C(NNC(=O)c1ccccc1NS(=O)(=O)c1cccs1)c1cnn(Cc2ccccc2)c1. The number of nitrogens with zero attached hydrogens (tertiary/aromatic N) is 2. The zero-order valence-electron chi connectivity index (χ0n) is 17.1. The van der Waals surface area contributed by atoms with Gasteiger partial charge in [0.25, 0.3) is 21.8 Å². The van der Waals surface area contributed by atoms with Gasteiger partial charge in [-0.2, -0.15) is 5.10 Å². The lowest BCUT2D eigenvalue weighted by Gasteiger charge is -2.12. The van der Waals surface area contributed by atoms with Gasteiger partial charge in [0.15, 0.2) is 0 Å². The van der Waals surface area contributed by atoms with E-state index in [4.69, 9.17) is 0 Å². The summed E-state index contributed by atoms with van der Waals surface area (Å²) >= 11 is 1.06. The number of para-hydroxylation sites is 1. The number of hydrogen-bond donors (Lipinski definition) is 3. The van der Waals surface area contributed by atoms with Crippen molar-refractivity contribution in [3.05, 3.63) is 101 Å². The van der Waals surface area contributed by atoms with Crippen molar-refractivity contribution in [1.82, 2.24) is 20.6 Å². The molecule has 0 bridgehead atoms. The van der Waals surface area contributed by atoms with Gasteiger partial charge in [-0.05, 0) is 29.1 Å². The third kappa shape index (κ3) is 5.45. The van der Waals surface area contributed by atoms with E-state index in [0.717, 1.165) is 16.9 Å². The average molecular weight is 482 g/mol. The lowest BCUT2D eigenvalue weighted by molar-refractivity contribution is 0.0847. The molecule has 9 nitrogen and oxygen atoms in total. The molecule has 0 aliphatic carbocycles. The Labute approximate surface area is 194 Å². The Bertz CT molecular complexity index is 1370. The molecule has 0 radical (unpaired) electrons. The molecule has 0 unspecified atom stereocenters. The number of hydrazine groups is 1. The van der Waals surface area contributed by atoms with Crippen LogP contribution in [0.3, 0.4) is 0 Å². The maximum Gasteiger partial charge on any atom is 0.272 e. The number of hydrogen-bond acceptors (Lipinski definition) is 6. The summed E-state index contributed by atoms with van der Waals surface area (Å²) in [7, 11) is -3.83. The molecule has 0 fully saturated rings. The maximum atomic E-state index is 12.6. The minimum Gasteiger partial charge on any atom is -0.278 e. The van der Waals surface area contributed by atoms with Crippen molar-refractivity contribution in [3.8, 4) is 0 Å². The molecule has 168 valence electrons. The van der Waals surface area contributed by atoms with Crippen LogP contribution in [-0.4, -0.2) is 30.0 Å². The Morgan fingerprint density at radius 2 is 1.64 bits per heavy atom. The van der Waals surface area contributed by atoms with Gasteiger partial charge in [-0.25, -0.2) is 8.42 Å². The number of amides is 2. The van der Waals surface area contributed by atoms with E-state index in [2.05, 4.69) is 20.7 Å². The van der Waals surface area contributed by atoms with Gasteiger partial charge in [0.2, 0.25) is 0 Å². The van der Waals surface area contributed by atoms with E-state index in [1.807, 2.05) is 30.3 Å². The predicted molar refractivity (Wildman–Crippen MR) is 124 cm³/mol. The molecule has 0 saturated heterocycles. The second-order valence-electron chi connectivity index (χ2n) is 6.90. The smallest absolute Gasteiger partial charge is 0.272 e. The van der Waals surface area contributed by atoms with E-state index in [-0.39, 0.29) is 21.0 Å². The lowest BCUT2D eigenvalue weighted by Crippen LogP contribution is -2.41. The van der Waals surface area contributed by atoms with E-state index >= 15 is 0 Å². The van der Waals surface area contributed by atoms with Crippen LogP contribution in [0.4, 0.5) is 5.69 Å². The molecule has 0 aliphatic rings. The summed E-state index contributed by atoms with van der Waals surface area (Å²) in [5, 5.41) is 5.81. The lowest BCUT2D eigenvalue weighted by atomic mass is 10.2. The molecule has 0 saturated carbocycles. The van der Waals surface area contributed by atoms with Crippen LogP contribution in [-0.2, 0) is 16.6 Å². The van der Waals surface area contributed by atoms with Gasteiger partial charge >= 0.3 is 0 Å². The van der Waals surface area contributed by atoms with Crippen molar-refractivity contribution in [1.29, 1.82) is 0 Å². The summed E-state index contributed by atoms with van der Waals surface area (Å²) in [6.07, 6.45) is 2.96. The first-order chi connectivity index (χ1) is 15.9. The number of aromatic nitrogens is 2. The predicted octanol–water partition coefficient (Wildman–Crippen LogP) is 2.87. The highest BCUT2D eigenvalue weighted by atomic mass is 32.2. The maximum absolute atomic E-state index is 12.6. The first-order valence-corrected chi connectivity index (χ1v) is 12.1. The minimum atomic E-state index is -3.83. The number of carbonyl (C=O) groups excluding carboxylic acids is 2. The normalized spacial score (nSPS) is 11.0. The molecule has 0 atom stereocenters. The van der Waals surface area contributed by atoms with Gasteiger partial charge in [-0.3, -0.25) is 29.8 Å². The second-order valence-corrected chi connectivity index (χ2v) is 9.76. The Balaban J connectivity index is 1.40. The third-order valence-corrected chi connectivity index (χ3v) is 7.31. The third-order valence-electron chi connectivity index (χ3n) is 4.55. The Morgan fingerprint density at radius 3 is 2.39 bits per heavy atom. The minimum absolute atomic E-state index is 0.0534. The Hall–Kier alpha value is -3.96. The van der Waals surface area contributed by atoms with Crippen LogP contribution in [0.2, 0.25) is 0 Å². The number of rotatable bonds is 7. The molecule has 2 aromatic carbocycles. The summed E-state index contributed by atoms with van der Waals surface area (Å²) in [6.45, 7) is 0.498. The highest BCUT2D eigenvalue weighted by Gasteiger charge is 2.20. The number of benzene rings is 2. The molecule has 4 rings (SSSR count). The molecular formula is C22H19N5O4S2. The molecule has 4 aromatic rings. The molecule has 2 amide bonds. The van der Waals surface area contributed by atoms with Crippen LogP contribution in [0.25, 0.3) is 0 Å². The zero-order chi connectivity index (χ0) is 23.3. The first-order valence-electron chi connectivity index (χ1n) is 9.75. The summed E-state index contributed by atoms with van der Waals surface area (Å²) in [6, 6.07) is 18.8. The largest absolute Gasteiger partial charge is 0.278 e. The fourth-order valence-corrected chi connectivity index (χ4v) is 5.04. The molecule has 2 heterocycles. The van der Waals surface area contributed by atoms with E-state index < -0.39 is 21.8 Å². The highest BCUT2D eigenvalue weighted by molar-refractivity contribution is 7.94. The van der Waals surface area contributed by atoms with Crippen LogP contribution >= 0.6 is 11.3 Å². The Kier molecular flexibility index (Phi) is 6.52. The molecule has 3 N–H and O–H groups in total. The summed E-state index contributed by atoms with van der Waals surface area (Å²) < 4.78 is 29.2. The van der Waals surface area contributed by atoms with Gasteiger partial charge in [-0.15, -0.1) is 11.3 Å². The number of sulfonamides is 1. The highest BCUT2D eigenvalue weighted by Crippen LogP contribution is 2.22. The van der Waals surface area contributed by atoms with Crippen LogP contribution in [0, 0.1) is 0 Å². The summed E-state index contributed by atoms with van der Waals surface area (Å²) in [5.74, 6) is -1.23. The van der Waals surface area contributed by atoms with Gasteiger partial charge < -0.3 is 0 Å². The fraction of sp³-hybridized carbons (Fsp3) is 0.0455. The summed E-state index contributed by atoms with van der Waals surface area (Å²) in [4.78, 5) is 25.1. The van der Waals surface area contributed by atoms with E-state index in [1.54, 1.807) is 34.5 Å². The molecule has 33 heavy (non-hydrogen) atoms. The molecule has 2 aromatic heterocycles. The monoisotopic (exact) mass is 481 g/mol. The van der Waals surface area contributed by atoms with Crippen LogP contribution in [0.15, 0.2) is 88.7 Å². The molecule has 0 aliphatic heterocycles. The Morgan fingerprint density at radius 1 is 0.909 bits per heavy atom. The van der Waals surface area contributed by atoms with Crippen LogP contribution < -0.4 is 15.6 Å². The van der Waals surface area contributed by atoms with Gasteiger partial charge in [0.05, 0.1) is 29.6 Å². The second kappa shape index (κ2) is 9.67. The van der Waals surface area contributed by atoms with Crippen molar-refractivity contribution in [2.75, 3.05) is 4.72 Å². The van der Waals surface area contributed by atoms with Crippen molar-refractivity contribution in [2.24, 2.45) is 0 Å². The van der Waals surface area contributed by atoms with Crippen molar-refractivity contribution in [3.63, 3.8) is 0 Å². The van der Waals surface area contributed by atoms with Crippen molar-refractivity contribution < 1.29 is 18.0 Å². The quantitative estimate of drug-likeness (QED) is 0.351. The zero-order valence-corrected chi connectivity index (χ0v) is 18.8. The average Bonchev–Trinajstić information content (AvgIpc) is 3.51. The van der Waals surface area contributed by atoms with Gasteiger partial charge in [-0.1, -0.05) is 48.5 Å². The van der Waals surface area contributed by atoms with Gasteiger partial charge in [0, 0.05) is 6.20 Å². The van der Waals surface area contributed by atoms with E-state index in [9.17, 15) is 18.0 Å². The number of nitrogens with one attached hydrogen (secondary N) is 3. The number of thiophene rings is 1. The molecule has 0 spiro atoms. The number of anilines is 1. The summed E-state index contributed by atoms with van der Waals surface area (Å²) in [5.41, 5.74) is 6.07. The standard InChI is InChI=1S/C22H19N5O4S2/c28-21(17-13-23-27(15-17)14-16-7-2-1-3-8-16)24-25-22(29)18-9-4-5-10-19(18)26-33(30,31)20-11-6-12-32-20/h1-13,15,26H,14H2,(H,24,28)(H,25,29). The molecular weight excluding hydrogens is 462 g/mol. The van der Waals surface area contributed by atoms with E-state index in [1.165, 1.54) is 24.4 Å². The van der Waals surface area contributed by atoms with Crippen molar-refractivity contribution in [2.45, 2.75) is 10.8 Å². The first kappa shape index (κ1) is 22.2. The van der Waals surface area contributed by atoms with Crippen LogP contribution in [0.5, 0.6) is 0 Å².